The highest BCUT2D eigenvalue weighted by Crippen LogP contribution is 2.32. The largest absolute Gasteiger partial charge is 0.383 e. The maximum Gasteiger partial charge on any atom is 0.268 e. The van der Waals surface area contributed by atoms with E-state index in [9.17, 15) is 4.79 Å². The van der Waals surface area contributed by atoms with Gasteiger partial charge in [-0.3, -0.25) is 4.79 Å². The zero-order chi connectivity index (χ0) is 16.2. The van der Waals surface area contributed by atoms with Crippen molar-refractivity contribution in [1.82, 2.24) is 20.3 Å². The van der Waals surface area contributed by atoms with Crippen LogP contribution in [-0.2, 0) is 4.74 Å². The Morgan fingerprint density at radius 2 is 2.26 bits per heavy atom. The summed E-state index contributed by atoms with van der Waals surface area (Å²) in [7, 11) is 1.60. The number of methoxy groups -OCH3 is 1. The summed E-state index contributed by atoms with van der Waals surface area (Å²) < 4.78 is 5.90. The third-order valence-corrected chi connectivity index (χ3v) is 3.91. The van der Waals surface area contributed by atoms with Gasteiger partial charge in [-0.1, -0.05) is 15.9 Å². The third-order valence-electron chi connectivity index (χ3n) is 3.42. The van der Waals surface area contributed by atoms with Crippen LogP contribution in [0.4, 0.5) is 0 Å². The number of amides is 1. The molecule has 7 heteroatoms. The Balaban J connectivity index is 2.11. The smallest absolute Gasteiger partial charge is 0.268 e. The van der Waals surface area contributed by atoms with Crippen LogP contribution in [0.5, 0.6) is 0 Å². The van der Waals surface area contributed by atoms with E-state index in [0.29, 0.717) is 24.5 Å². The standard InChI is InChI=1S/C16H15BrN4O2/c1-23-7-6-19-16(22)15-14(13-4-5-18-9-20-13)11-8-10(17)2-3-12(11)21-15/h2-5,8-9,21H,6-7H2,1H3,(H,19,22). The number of ether oxygens (including phenoxy) is 1. The van der Waals surface area contributed by atoms with E-state index in [2.05, 4.69) is 36.2 Å². The van der Waals surface area contributed by atoms with Crippen molar-refractivity contribution in [3.63, 3.8) is 0 Å². The molecule has 0 radical (unpaired) electrons. The summed E-state index contributed by atoms with van der Waals surface area (Å²) in [4.78, 5) is 23.9. The number of aromatic nitrogens is 3. The fourth-order valence-corrected chi connectivity index (χ4v) is 2.76. The van der Waals surface area contributed by atoms with E-state index in [1.807, 2.05) is 18.2 Å². The van der Waals surface area contributed by atoms with Crippen molar-refractivity contribution in [2.45, 2.75) is 0 Å². The number of halogens is 1. The molecular weight excluding hydrogens is 360 g/mol. The summed E-state index contributed by atoms with van der Waals surface area (Å²) in [6, 6.07) is 7.61. The topological polar surface area (TPSA) is 79.9 Å². The molecule has 3 aromatic rings. The molecule has 0 unspecified atom stereocenters. The first-order valence-corrected chi connectivity index (χ1v) is 7.84. The lowest BCUT2D eigenvalue weighted by Crippen LogP contribution is -2.27. The molecule has 0 spiro atoms. The first-order valence-electron chi connectivity index (χ1n) is 7.05. The van der Waals surface area contributed by atoms with Gasteiger partial charge in [-0.15, -0.1) is 0 Å². The monoisotopic (exact) mass is 374 g/mol. The van der Waals surface area contributed by atoms with E-state index < -0.39 is 0 Å². The molecule has 0 aliphatic rings. The average molecular weight is 375 g/mol. The summed E-state index contributed by atoms with van der Waals surface area (Å²) in [6.07, 6.45) is 3.13. The van der Waals surface area contributed by atoms with Gasteiger partial charge in [0.25, 0.3) is 5.91 Å². The molecule has 1 amide bonds. The molecule has 6 nitrogen and oxygen atoms in total. The number of nitrogens with zero attached hydrogens (tertiary/aromatic N) is 2. The van der Waals surface area contributed by atoms with Crippen LogP contribution in [0, 0.1) is 0 Å². The second kappa shape index (κ2) is 6.89. The van der Waals surface area contributed by atoms with Crippen LogP contribution in [0.1, 0.15) is 10.5 Å². The van der Waals surface area contributed by atoms with Crippen molar-refractivity contribution in [1.29, 1.82) is 0 Å². The van der Waals surface area contributed by atoms with Crippen LogP contribution in [0.3, 0.4) is 0 Å². The highest BCUT2D eigenvalue weighted by Gasteiger charge is 2.20. The normalized spacial score (nSPS) is 10.9. The molecule has 118 valence electrons. The van der Waals surface area contributed by atoms with Crippen molar-refractivity contribution < 1.29 is 9.53 Å². The number of benzene rings is 1. The predicted molar refractivity (Wildman–Crippen MR) is 91.2 cm³/mol. The summed E-state index contributed by atoms with van der Waals surface area (Å²) in [5.74, 6) is -0.192. The zero-order valence-electron chi connectivity index (χ0n) is 12.5. The summed E-state index contributed by atoms with van der Waals surface area (Å²) >= 11 is 3.47. The number of aromatic amines is 1. The van der Waals surface area contributed by atoms with Crippen LogP contribution in [-0.4, -0.2) is 41.1 Å². The molecule has 1 aromatic carbocycles. The van der Waals surface area contributed by atoms with Gasteiger partial charge in [0.1, 0.15) is 12.0 Å². The number of carbonyl (C=O) groups is 1. The molecule has 23 heavy (non-hydrogen) atoms. The molecule has 2 N–H and O–H groups in total. The quantitative estimate of drug-likeness (QED) is 0.672. The molecule has 0 aliphatic carbocycles. The fourth-order valence-electron chi connectivity index (χ4n) is 2.39. The molecule has 0 bridgehead atoms. The van der Waals surface area contributed by atoms with Crippen LogP contribution >= 0.6 is 15.9 Å². The molecular formula is C16H15BrN4O2. The Labute approximate surface area is 141 Å². The Morgan fingerprint density at radius 3 is 3.00 bits per heavy atom. The molecule has 0 aliphatic heterocycles. The highest BCUT2D eigenvalue weighted by atomic mass is 79.9. The number of rotatable bonds is 5. The lowest BCUT2D eigenvalue weighted by atomic mass is 10.1. The summed E-state index contributed by atoms with van der Waals surface area (Å²) in [5, 5.41) is 3.76. The second-order valence-electron chi connectivity index (χ2n) is 4.91. The van der Waals surface area contributed by atoms with Gasteiger partial charge in [0.2, 0.25) is 0 Å². The Kier molecular flexibility index (Phi) is 4.68. The Hall–Kier alpha value is -2.25. The lowest BCUT2D eigenvalue weighted by Gasteiger charge is -2.06. The van der Waals surface area contributed by atoms with Gasteiger partial charge >= 0.3 is 0 Å². The molecule has 2 heterocycles. The third kappa shape index (κ3) is 3.25. The van der Waals surface area contributed by atoms with Crippen molar-refractivity contribution in [2.75, 3.05) is 20.3 Å². The van der Waals surface area contributed by atoms with Gasteiger partial charge in [-0.25, -0.2) is 9.97 Å². The van der Waals surface area contributed by atoms with Gasteiger partial charge in [0, 0.05) is 40.8 Å². The van der Waals surface area contributed by atoms with Crippen LogP contribution in [0.15, 0.2) is 41.3 Å². The molecule has 0 saturated heterocycles. The molecule has 0 atom stereocenters. The van der Waals surface area contributed by atoms with Crippen molar-refractivity contribution >= 4 is 32.7 Å². The Bertz CT molecular complexity index is 833. The lowest BCUT2D eigenvalue weighted by molar-refractivity contribution is 0.0933. The van der Waals surface area contributed by atoms with Gasteiger partial charge in [0.15, 0.2) is 0 Å². The number of fused-ring (bicyclic) bond motifs is 1. The van der Waals surface area contributed by atoms with Gasteiger partial charge in [-0.05, 0) is 24.3 Å². The maximum atomic E-state index is 12.5. The van der Waals surface area contributed by atoms with E-state index in [4.69, 9.17) is 4.74 Å². The summed E-state index contributed by atoms with van der Waals surface area (Å²) in [6.45, 7) is 0.901. The molecule has 0 saturated carbocycles. The predicted octanol–water partition coefficient (Wildman–Crippen LogP) is 2.76. The maximum absolute atomic E-state index is 12.5. The van der Waals surface area contributed by atoms with Crippen molar-refractivity contribution in [2.24, 2.45) is 0 Å². The van der Waals surface area contributed by atoms with Gasteiger partial charge < -0.3 is 15.0 Å². The van der Waals surface area contributed by atoms with Crippen molar-refractivity contribution in [3.8, 4) is 11.3 Å². The van der Waals surface area contributed by atoms with E-state index in [-0.39, 0.29) is 5.91 Å². The SMILES string of the molecule is COCCNC(=O)c1[nH]c2ccc(Br)cc2c1-c1ccncn1. The highest BCUT2D eigenvalue weighted by molar-refractivity contribution is 9.10. The van der Waals surface area contributed by atoms with E-state index in [1.54, 1.807) is 19.4 Å². The van der Waals surface area contributed by atoms with E-state index in [1.165, 1.54) is 6.33 Å². The molecule has 0 fully saturated rings. The number of hydrogen-bond acceptors (Lipinski definition) is 4. The van der Waals surface area contributed by atoms with Crippen molar-refractivity contribution in [3.05, 3.63) is 47.0 Å². The van der Waals surface area contributed by atoms with Crippen LogP contribution in [0.25, 0.3) is 22.2 Å². The van der Waals surface area contributed by atoms with Crippen LogP contribution in [0.2, 0.25) is 0 Å². The van der Waals surface area contributed by atoms with E-state index >= 15 is 0 Å². The molecule has 2 aromatic heterocycles. The minimum absolute atomic E-state index is 0.192. The summed E-state index contributed by atoms with van der Waals surface area (Å²) in [5.41, 5.74) is 2.81. The second-order valence-corrected chi connectivity index (χ2v) is 5.82. The first kappa shape index (κ1) is 15.6. The average Bonchev–Trinajstić information content (AvgIpc) is 2.94. The Morgan fingerprint density at radius 1 is 1.39 bits per heavy atom. The van der Waals surface area contributed by atoms with E-state index in [0.717, 1.165) is 20.9 Å². The molecule has 3 rings (SSSR count). The zero-order valence-corrected chi connectivity index (χ0v) is 14.1. The van der Waals surface area contributed by atoms with Gasteiger partial charge in [0.05, 0.1) is 12.3 Å². The number of carbonyl (C=O) groups excluding carboxylic acids is 1. The minimum atomic E-state index is -0.192. The van der Waals surface area contributed by atoms with Crippen LogP contribution < -0.4 is 5.32 Å². The first-order chi connectivity index (χ1) is 11.2. The fraction of sp³-hybridized carbons (Fsp3) is 0.188. The number of H-pyrrole nitrogens is 1. The number of hydrogen-bond donors (Lipinski definition) is 2. The van der Waals surface area contributed by atoms with Gasteiger partial charge in [-0.2, -0.15) is 0 Å². The minimum Gasteiger partial charge on any atom is -0.383 e. The number of nitrogens with one attached hydrogen (secondary N) is 2.